The third kappa shape index (κ3) is 4.94. The van der Waals surface area contributed by atoms with E-state index in [1.165, 1.54) is 37.0 Å². The number of imidazole rings is 1. The van der Waals surface area contributed by atoms with Gasteiger partial charge in [-0.15, -0.1) is 0 Å². The van der Waals surface area contributed by atoms with Crippen LogP contribution in [0.1, 0.15) is 57.9 Å². The van der Waals surface area contributed by atoms with Gasteiger partial charge in [0.2, 0.25) is 0 Å². The molecule has 2 heterocycles. The van der Waals surface area contributed by atoms with Crippen molar-refractivity contribution in [2.75, 3.05) is 0 Å². The van der Waals surface area contributed by atoms with Crippen LogP contribution in [0.5, 0.6) is 5.75 Å². The first-order valence-electron chi connectivity index (χ1n) is 10.9. The molecule has 4 nitrogen and oxygen atoms in total. The van der Waals surface area contributed by atoms with Gasteiger partial charge in [0.1, 0.15) is 5.75 Å². The Morgan fingerprint density at radius 2 is 1.97 bits per heavy atom. The van der Waals surface area contributed by atoms with Gasteiger partial charge < -0.3 is 4.74 Å². The summed E-state index contributed by atoms with van der Waals surface area (Å²) in [5.41, 5.74) is 2.41. The van der Waals surface area contributed by atoms with E-state index in [0.717, 1.165) is 35.2 Å². The third-order valence-electron chi connectivity index (χ3n) is 5.45. The lowest BCUT2D eigenvalue weighted by Gasteiger charge is -2.16. The standard InChI is InChI=1S/C25H27ClN2O2S/c1-3-4-5-6-7-10-17(2)30-22-14-13-19(26)15-18(22)16-23-24(29)28-21-12-9-8-11-20(21)27-25(28)31-23/h8-9,11-17H,3-7,10H2,1-2H3. The summed E-state index contributed by atoms with van der Waals surface area (Å²) in [5.74, 6) is 0.751. The van der Waals surface area contributed by atoms with Gasteiger partial charge in [0.05, 0.1) is 21.7 Å². The quantitative estimate of drug-likeness (QED) is 0.281. The second-order valence-electron chi connectivity index (χ2n) is 7.95. The van der Waals surface area contributed by atoms with E-state index in [1.54, 1.807) is 4.40 Å². The zero-order chi connectivity index (χ0) is 21.8. The summed E-state index contributed by atoms with van der Waals surface area (Å²) in [6.07, 6.45) is 9.21. The summed E-state index contributed by atoms with van der Waals surface area (Å²) in [6, 6.07) is 13.3. The molecule has 1 unspecified atom stereocenters. The molecule has 4 rings (SSSR count). The summed E-state index contributed by atoms with van der Waals surface area (Å²) in [4.78, 5) is 18.4. The van der Waals surface area contributed by atoms with Crippen LogP contribution in [-0.2, 0) is 0 Å². The number of para-hydroxylation sites is 2. The zero-order valence-corrected chi connectivity index (χ0v) is 19.5. The monoisotopic (exact) mass is 454 g/mol. The molecule has 0 aliphatic rings. The predicted molar refractivity (Wildman–Crippen MR) is 131 cm³/mol. The molecule has 0 saturated carbocycles. The van der Waals surface area contributed by atoms with Crippen molar-refractivity contribution in [3.63, 3.8) is 0 Å². The van der Waals surface area contributed by atoms with E-state index in [1.807, 2.05) is 48.5 Å². The summed E-state index contributed by atoms with van der Waals surface area (Å²) >= 11 is 7.64. The van der Waals surface area contributed by atoms with Crippen LogP contribution < -0.4 is 14.8 Å². The van der Waals surface area contributed by atoms with Crippen molar-refractivity contribution in [1.29, 1.82) is 0 Å². The smallest absolute Gasteiger partial charge is 0.274 e. The molecule has 0 fully saturated rings. The molecule has 0 aliphatic carbocycles. The van der Waals surface area contributed by atoms with Crippen LogP contribution in [0.2, 0.25) is 5.02 Å². The van der Waals surface area contributed by atoms with Crippen LogP contribution in [0.3, 0.4) is 0 Å². The highest BCUT2D eigenvalue weighted by molar-refractivity contribution is 7.15. The minimum absolute atomic E-state index is 0.0661. The molecular formula is C25H27ClN2O2S. The molecule has 4 aromatic rings. The molecular weight excluding hydrogens is 428 g/mol. The fraction of sp³-hybridized carbons (Fsp3) is 0.360. The van der Waals surface area contributed by atoms with Crippen LogP contribution >= 0.6 is 22.9 Å². The number of halogens is 1. The fourth-order valence-electron chi connectivity index (χ4n) is 3.80. The molecule has 2 aromatic carbocycles. The lowest BCUT2D eigenvalue weighted by atomic mass is 10.1. The molecule has 0 bridgehead atoms. The lowest BCUT2D eigenvalue weighted by molar-refractivity contribution is 0.206. The summed E-state index contributed by atoms with van der Waals surface area (Å²) in [5, 5.41) is 0.616. The molecule has 2 aromatic heterocycles. The Kier molecular flexibility index (Phi) is 6.93. The molecule has 0 N–H and O–H groups in total. The van der Waals surface area contributed by atoms with Gasteiger partial charge in [-0.1, -0.05) is 67.7 Å². The number of nitrogens with zero attached hydrogens (tertiary/aromatic N) is 2. The Balaban J connectivity index is 1.61. The number of fused-ring (bicyclic) bond motifs is 3. The second kappa shape index (κ2) is 9.84. The highest BCUT2D eigenvalue weighted by Crippen LogP contribution is 2.26. The van der Waals surface area contributed by atoms with Gasteiger partial charge in [-0.2, -0.15) is 0 Å². The number of hydrogen-bond donors (Lipinski definition) is 0. The van der Waals surface area contributed by atoms with Crippen molar-refractivity contribution in [2.24, 2.45) is 0 Å². The molecule has 0 amide bonds. The maximum atomic E-state index is 13.1. The Morgan fingerprint density at radius 3 is 2.81 bits per heavy atom. The summed E-state index contributed by atoms with van der Waals surface area (Å²) in [6.45, 7) is 4.33. The van der Waals surface area contributed by atoms with Gasteiger partial charge in [-0.25, -0.2) is 9.38 Å². The first-order chi connectivity index (χ1) is 15.1. The van der Waals surface area contributed by atoms with Crippen molar-refractivity contribution in [3.05, 3.63) is 67.9 Å². The Bertz CT molecular complexity index is 1290. The second-order valence-corrected chi connectivity index (χ2v) is 9.39. The maximum absolute atomic E-state index is 13.1. The Hall–Kier alpha value is -2.37. The maximum Gasteiger partial charge on any atom is 0.274 e. The van der Waals surface area contributed by atoms with E-state index in [-0.39, 0.29) is 11.7 Å². The number of hydrogen-bond acceptors (Lipinski definition) is 4. The minimum Gasteiger partial charge on any atom is -0.490 e. The lowest BCUT2D eigenvalue weighted by Crippen LogP contribution is -2.23. The van der Waals surface area contributed by atoms with Gasteiger partial charge >= 0.3 is 0 Å². The number of thiazole rings is 1. The van der Waals surface area contributed by atoms with E-state index in [4.69, 9.17) is 16.3 Å². The molecule has 6 heteroatoms. The van der Waals surface area contributed by atoms with Gasteiger partial charge in [-0.05, 0) is 56.2 Å². The van der Waals surface area contributed by atoms with Gasteiger partial charge in [0, 0.05) is 10.6 Å². The number of benzene rings is 2. The van der Waals surface area contributed by atoms with E-state index in [0.29, 0.717) is 14.5 Å². The average Bonchev–Trinajstić information content (AvgIpc) is 3.26. The normalized spacial score (nSPS) is 13.3. The highest BCUT2D eigenvalue weighted by Gasteiger charge is 2.13. The van der Waals surface area contributed by atoms with Gasteiger partial charge in [-0.3, -0.25) is 4.79 Å². The molecule has 0 saturated heterocycles. The number of aromatic nitrogens is 2. The van der Waals surface area contributed by atoms with Crippen molar-refractivity contribution >= 4 is 45.0 Å². The summed E-state index contributed by atoms with van der Waals surface area (Å²) < 4.78 is 8.53. The molecule has 0 aliphatic heterocycles. The van der Waals surface area contributed by atoms with Crippen molar-refractivity contribution in [3.8, 4) is 5.75 Å². The SMILES string of the molecule is CCCCCCCC(C)Oc1ccc(Cl)cc1C=c1sc2nc3ccccc3n2c1=O. The fourth-order valence-corrected chi connectivity index (χ4v) is 4.96. The Labute approximate surface area is 191 Å². The van der Waals surface area contributed by atoms with Crippen LogP contribution in [0.15, 0.2) is 47.3 Å². The largest absolute Gasteiger partial charge is 0.490 e. The van der Waals surface area contributed by atoms with Crippen LogP contribution in [0, 0.1) is 0 Å². The first-order valence-corrected chi connectivity index (χ1v) is 12.1. The molecule has 162 valence electrons. The molecule has 31 heavy (non-hydrogen) atoms. The number of unbranched alkanes of at least 4 members (excludes halogenated alkanes) is 4. The van der Waals surface area contributed by atoms with E-state index < -0.39 is 0 Å². The van der Waals surface area contributed by atoms with Crippen molar-refractivity contribution in [2.45, 2.75) is 58.5 Å². The van der Waals surface area contributed by atoms with E-state index >= 15 is 0 Å². The van der Waals surface area contributed by atoms with E-state index in [9.17, 15) is 4.79 Å². The van der Waals surface area contributed by atoms with Gasteiger partial charge in [0.25, 0.3) is 5.56 Å². The molecule has 1 atom stereocenters. The minimum atomic E-state index is -0.0661. The predicted octanol–water partition coefficient (Wildman–Crippen LogP) is 6.24. The van der Waals surface area contributed by atoms with Gasteiger partial charge in [0.15, 0.2) is 4.96 Å². The molecule has 0 radical (unpaired) electrons. The highest BCUT2D eigenvalue weighted by atomic mass is 35.5. The first kappa shape index (κ1) is 21.8. The average molecular weight is 455 g/mol. The Morgan fingerprint density at radius 1 is 1.16 bits per heavy atom. The van der Waals surface area contributed by atoms with E-state index in [2.05, 4.69) is 18.8 Å². The molecule has 0 spiro atoms. The van der Waals surface area contributed by atoms with Crippen LogP contribution in [-0.4, -0.2) is 15.5 Å². The van der Waals surface area contributed by atoms with Crippen molar-refractivity contribution in [1.82, 2.24) is 9.38 Å². The number of ether oxygens (including phenoxy) is 1. The third-order valence-corrected chi connectivity index (χ3v) is 6.65. The van der Waals surface area contributed by atoms with Crippen LogP contribution in [0.25, 0.3) is 22.1 Å². The number of rotatable bonds is 9. The zero-order valence-electron chi connectivity index (χ0n) is 17.9. The van der Waals surface area contributed by atoms with Crippen LogP contribution in [0.4, 0.5) is 0 Å². The topological polar surface area (TPSA) is 43.6 Å². The van der Waals surface area contributed by atoms with Crippen molar-refractivity contribution < 1.29 is 4.74 Å². The summed E-state index contributed by atoms with van der Waals surface area (Å²) in [7, 11) is 0.